The van der Waals surface area contributed by atoms with E-state index in [1.807, 2.05) is 0 Å². The van der Waals surface area contributed by atoms with Crippen molar-refractivity contribution in [1.82, 2.24) is 9.62 Å². The summed E-state index contributed by atoms with van der Waals surface area (Å²) in [5, 5.41) is 0. The van der Waals surface area contributed by atoms with Crippen LogP contribution < -0.4 is 4.72 Å². The number of amides is 2. The van der Waals surface area contributed by atoms with Crippen molar-refractivity contribution < 1.29 is 18.0 Å². The molecular formula is C11H13BrN2O4S2. The van der Waals surface area contributed by atoms with Crippen molar-refractivity contribution in [2.24, 2.45) is 0 Å². The van der Waals surface area contributed by atoms with Crippen molar-refractivity contribution in [3.05, 3.63) is 15.4 Å². The van der Waals surface area contributed by atoms with Gasteiger partial charge in [-0.25, -0.2) is 8.42 Å². The summed E-state index contributed by atoms with van der Waals surface area (Å²) in [4.78, 5) is 24.2. The Labute approximate surface area is 129 Å². The first-order valence-corrected chi connectivity index (χ1v) is 8.90. The summed E-state index contributed by atoms with van der Waals surface area (Å²) in [5.41, 5.74) is 0.817. The smallest absolute Gasteiger partial charge is 0.250 e. The Morgan fingerprint density at radius 3 is 2.65 bits per heavy atom. The van der Waals surface area contributed by atoms with Gasteiger partial charge in [0.25, 0.3) is 10.0 Å². The van der Waals surface area contributed by atoms with Crippen LogP contribution in [-0.4, -0.2) is 38.2 Å². The van der Waals surface area contributed by atoms with Gasteiger partial charge in [-0.1, -0.05) is 0 Å². The van der Waals surface area contributed by atoms with Gasteiger partial charge >= 0.3 is 0 Å². The lowest BCUT2D eigenvalue weighted by Crippen LogP contribution is -2.52. The van der Waals surface area contributed by atoms with Crippen LogP contribution in [0.3, 0.4) is 0 Å². The predicted molar refractivity (Wildman–Crippen MR) is 77.9 cm³/mol. The van der Waals surface area contributed by atoms with Crippen molar-refractivity contribution in [3.8, 4) is 0 Å². The lowest BCUT2D eigenvalue weighted by molar-refractivity contribution is -0.147. The monoisotopic (exact) mass is 380 g/mol. The van der Waals surface area contributed by atoms with Gasteiger partial charge in [-0.05, 0) is 40.9 Å². The number of imide groups is 1. The van der Waals surface area contributed by atoms with Crippen molar-refractivity contribution in [2.45, 2.75) is 30.0 Å². The summed E-state index contributed by atoms with van der Waals surface area (Å²) >= 11 is 4.36. The van der Waals surface area contributed by atoms with E-state index in [4.69, 9.17) is 0 Å². The number of carbonyl (C=O) groups is 2. The lowest BCUT2D eigenvalue weighted by Gasteiger charge is -2.27. The number of carbonyl (C=O) groups excluding carboxylic acids is 2. The molecule has 1 aliphatic heterocycles. The molecule has 1 atom stereocenters. The Hall–Kier alpha value is -0.770. The van der Waals surface area contributed by atoms with Gasteiger partial charge in [0, 0.05) is 13.5 Å². The van der Waals surface area contributed by atoms with Crippen molar-refractivity contribution >= 4 is 49.1 Å². The molecule has 1 aromatic rings. The van der Waals surface area contributed by atoms with Gasteiger partial charge in [-0.3, -0.25) is 14.5 Å². The van der Waals surface area contributed by atoms with Crippen molar-refractivity contribution in [1.29, 1.82) is 0 Å². The molecule has 1 aliphatic rings. The van der Waals surface area contributed by atoms with Gasteiger partial charge in [0.15, 0.2) is 0 Å². The average molecular weight is 381 g/mol. The maximum absolute atomic E-state index is 12.2. The summed E-state index contributed by atoms with van der Waals surface area (Å²) in [6, 6.07) is 0.656. The van der Waals surface area contributed by atoms with Gasteiger partial charge in [0.05, 0.1) is 3.79 Å². The zero-order valence-electron chi connectivity index (χ0n) is 10.8. The molecule has 9 heteroatoms. The van der Waals surface area contributed by atoms with E-state index in [2.05, 4.69) is 20.7 Å². The van der Waals surface area contributed by atoms with E-state index in [0.717, 1.165) is 25.6 Å². The maximum atomic E-state index is 12.2. The fourth-order valence-electron chi connectivity index (χ4n) is 1.83. The normalized spacial score (nSPS) is 20.6. The molecule has 6 nitrogen and oxygen atoms in total. The molecule has 0 aromatic carbocycles. The molecule has 0 bridgehead atoms. The second-order valence-electron chi connectivity index (χ2n) is 4.53. The van der Waals surface area contributed by atoms with E-state index in [-0.39, 0.29) is 23.0 Å². The number of piperidine rings is 1. The van der Waals surface area contributed by atoms with Gasteiger partial charge in [-0.15, -0.1) is 11.3 Å². The molecule has 20 heavy (non-hydrogen) atoms. The number of likely N-dealkylation sites (tertiary alicyclic amines) is 1. The first-order valence-electron chi connectivity index (χ1n) is 5.81. The zero-order valence-corrected chi connectivity index (χ0v) is 14.1. The number of thiophene rings is 1. The fourth-order valence-corrected chi connectivity index (χ4v) is 5.30. The standard InChI is InChI=1S/C11H13BrN2O4S2/c1-6-5-9(19-10(6)12)20(17,18)13-7-3-4-8(15)14(2)11(7)16/h5,7,13H,3-4H2,1-2H3. The van der Waals surface area contributed by atoms with Crippen LogP contribution in [0.15, 0.2) is 14.1 Å². The Morgan fingerprint density at radius 1 is 1.45 bits per heavy atom. The third-order valence-electron chi connectivity index (χ3n) is 3.05. The summed E-state index contributed by atoms with van der Waals surface area (Å²) < 4.78 is 27.7. The Kier molecular flexibility index (Phi) is 4.33. The third kappa shape index (κ3) is 2.95. The van der Waals surface area contributed by atoms with Gasteiger partial charge < -0.3 is 0 Å². The molecule has 1 unspecified atom stereocenters. The molecule has 1 aromatic heterocycles. The van der Waals surface area contributed by atoms with Crippen LogP contribution in [0.5, 0.6) is 0 Å². The van der Waals surface area contributed by atoms with E-state index in [1.165, 1.54) is 7.05 Å². The van der Waals surface area contributed by atoms with E-state index in [9.17, 15) is 18.0 Å². The summed E-state index contributed by atoms with van der Waals surface area (Å²) in [6.07, 6.45) is 0.343. The minimum Gasteiger partial charge on any atom is -0.284 e. The van der Waals surface area contributed by atoms with E-state index in [0.29, 0.717) is 0 Å². The highest BCUT2D eigenvalue weighted by Gasteiger charge is 2.35. The maximum Gasteiger partial charge on any atom is 0.250 e. The van der Waals surface area contributed by atoms with Gasteiger partial charge in [-0.2, -0.15) is 4.72 Å². The molecule has 2 amide bonds. The highest BCUT2D eigenvalue weighted by molar-refractivity contribution is 9.11. The van der Waals surface area contributed by atoms with Crippen LogP contribution >= 0.6 is 27.3 Å². The highest BCUT2D eigenvalue weighted by atomic mass is 79.9. The van der Waals surface area contributed by atoms with Crippen LogP contribution in [0.1, 0.15) is 18.4 Å². The second kappa shape index (κ2) is 5.55. The van der Waals surface area contributed by atoms with Gasteiger partial charge in [0.2, 0.25) is 11.8 Å². The van der Waals surface area contributed by atoms with Crippen LogP contribution in [0, 0.1) is 6.92 Å². The summed E-state index contributed by atoms with van der Waals surface area (Å²) in [5.74, 6) is -0.808. The lowest BCUT2D eigenvalue weighted by atomic mass is 10.1. The SMILES string of the molecule is Cc1cc(S(=O)(=O)NC2CCC(=O)N(C)C2=O)sc1Br. The molecule has 0 saturated carbocycles. The number of likely N-dealkylation sites (N-methyl/N-ethyl adjacent to an activating group) is 1. The molecule has 2 rings (SSSR count). The summed E-state index contributed by atoms with van der Waals surface area (Å²) in [6.45, 7) is 1.79. The van der Waals surface area contributed by atoms with Crippen molar-refractivity contribution in [3.63, 3.8) is 0 Å². The molecule has 1 N–H and O–H groups in total. The van der Waals surface area contributed by atoms with Crippen LogP contribution in [0.2, 0.25) is 0 Å². The van der Waals surface area contributed by atoms with E-state index < -0.39 is 22.0 Å². The molecule has 2 heterocycles. The third-order valence-corrected chi connectivity index (χ3v) is 7.13. The first-order chi connectivity index (χ1) is 9.22. The second-order valence-corrected chi connectivity index (χ2v) is 8.84. The minimum absolute atomic E-state index is 0.147. The molecule has 0 aliphatic carbocycles. The molecular weight excluding hydrogens is 368 g/mol. The summed E-state index contributed by atoms with van der Waals surface area (Å²) in [7, 11) is -2.40. The number of nitrogens with one attached hydrogen (secondary N) is 1. The number of aryl methyl sites for hydroxylation is 1. The topological polar surface area (TPSA) is 83.6 Å². The molecule has 1 fully saturated rings. The Morgan fingerprint density at radius 2 is 2.10 bits per heavy atom. The number of sulfonamides is 1. The number of nitrogens with zero attached hydrogens (tertiary/aromatic N) is 1. The van der Waals surface area contributed by atoms with Gasteiger partial charge in [0.1, 0.15) is 10.3 Å². The number of hydrogen-bond acceptors (Lipinski definition) is 5. The number of rotatable bonds is 3. The molecule has 110 valence electrons. The van der Waals surface area contributed by atoms with Crippen molar-refractivity contribution in [2.75, 3.05) is 7.05 Å². The largest absolute Gasteiger partial charge is 0.284 e. The quantitative estimate of drug-likeness (QED) is 0.799. The average Bonchev–Trinajstić information content (AvgIpc) is 2.71. The van der Waals surface area contributed by atoms with Crippen LogP contribution in [0.25, 0.3) is 0 Å². The zero-order chi connectivity index (χ0) is 15.1. The van der Waals surface area contributed by atoms with Crippen LogP contribution in [-0.2, 0) is 19.6 Å². The minimum atomic E-state index is -3.76. The predicted octanol–water partition coefficient (Wildman–Crippen LogP) is 1.24. The van der Waals surface area contributed by atoms with Crippen LogP contribution in [0.4, 0.5) is 0 Å². The Balaban J connectivity index is 2.21. The molecule has 1 saturated heterocycles. The first kappa shape index (κ1) is 15.6. The van der Waals surface area contributed by atoms with E-state index >= 15 is 0 Å². The molecule has 0 radical (unpaired) electrons. The molecule has 0 spiro atoms. The highest BCUT2D eigenvalue weighted by Crippen LogP contribution is 2.30. The fraction of sp³-hybridized carbons (Fsp3) is 0.455. The van der Waals surface area contributed by atoms with E-state index in [1.54, 1.807) is 13.0 Å². The Bertz CT molecular complexity index is 648. The number of halogens is 1. The number of hydrogen-bond donors (Lipinski definition) is 1.